The van der Waals surface area contributed by atoms with Crippen LogP contribution in [0.1, 0.15) is 39.2 Å². The Bertz CT molecular complexity index is 556. The molecule has 1 unspecified atom stereocenters. The lowest BCUT2D eigenvalue weighted by Gasteiger charge is -2.29. The number of halogens is 1. The maximum Gasteiger partial charge on any atom is 0.326 e. The average Bonchev–Trinajstić information content (AvgIpc) is 3.16. The Morgan fingerprint density at radius 2 is 1.76 bits per heavy atom. The molecule has 1 atom stereocenters. The largest absolute Gasteiger partial charge is 0.480 e. The van der Waals surface area contributed by atoms with Gasteiger partial charge in [0.2, 0.25) is 5.91 Å². The Morgan fingerprint density at radius 3 is 2.14 bits per heavy atom. The monoisotopic (exact) mass is 293 g/mol. The summed E-state index contributed by atoms with van der Waals surface area (Å²) >= 11 is 0. The van der Waals surface area contributed by atoms with Crippen molar-refractivity contribution in [3.8, 4) is 0 Å². The third-order valence-corrected chi connectivity index (χ3v) is 3.97. The van der Waals surface area contributed by atoms with Gasteiger partial charge in [-0.15, -0.1) is 0 Å². The van der Waals surface area contributed by atoms with Gasteiger partial charge in [-0.25, -0.2) is 9.18 Å². The first-order valence-corrected chi connectivity index (χ1v) is 6.97. The third kappa shape index (κ3) is 3.06. The average molecular weight is 293 g/mol. The van der Waals surface area contributed by atoms with Gasteiger partial charge >= 0.3 is 5.97 Å². The Balaban J connectivity index is 2.20. The van der Waals surface area contributed by atoms with Crippen LogP contribution in [0.15, 0.2) is 24.3 Å². The maximum atomic E-state index is 13.0. The van der Waals surface area contributed by atoms with Crippen molar-refractivity contribution in [2.24, 2.45) is 5.41 Å². The predicted molar refractivity (Wildman–Crippen MR) is 76.3 cm³/mol. The van der Waals surface area contributed by atoms with Crippen molar-refractivity contribution in [1.82, 2.24) is 5.32 Å². The van der Waals surface area contributed by atoms with E-state index in [0.29, 0.717) is 12.8 Å². The van der Waals surface area contributed by atoms with E-state index >= 15 is 0 Å². The zero-order chi connectivity index (χ0) is 15.8. The fraction of sp³-hybridized carbons (Fsp3) is 0.500. The van der Waals surface area contributed by atoms with Gasteiger partial charge < -0.3 is 10.4 Å². The zero-order valence-electron chi connectivity index (χ0n) is 12.4. The molecule has 1 aromatic carbocycles. The second-order valence-corrected chi connectivity index (χ2v) is 6.70. The second kappa shape index (κ2) is 5.13. The van der Waals surface area contributed by atoms with Crippen LogP contribution in [-0.4, -0.2) is 23.0 Å². The number of amides is 1. The van der Waals surface area contributed by atoms with E-state index in [0.717, 1.165) is 5.56 Å². The van der Waals surface area contributed by atoms with Crippen molar-refractivity contribution in [3.63, 3.8) is 0 Å². The highest BCUT2D eigenvalue weighted by molar-refractivity contribution is 5.94. The number of hydrogen-bond acceptors (Lipinski definition) is 2. The van der Waals surface area contributed by atoms with Crippen LogP contribution in [0.3, 0.4) is 0 Å². The highest BCUT2D eigenvalue weighted by atomic mass is 19.1. The molecule has 1 aliphatic rings. The van der Waals surface area contributed by atoms with E-state index in [1.165, 1.54) is 12.1 Å². The van der Waals surface area contributed by atoms with E-state index in [1.807, 2.05) is 0 Å². The number of hydrogen-bond donors (Lipinski definition) is 2. The van der Waals surface area contributed by atoms with E-state index in [4.69, 9.17) is 0 Å². The summed E-state index contributed by atoms with van der Waals surface area (Å²) in [6.45, 7) is 5.30. The third-order valence-electron chi connectivity index (χ3n) is 3.97. The van der Waals surface area contributed by atoms with Crippen molar-refractivity contribution in [2.75, 3.05) is 0 Å². The number of carboxylic acids is 1. The van der Waals surface area contributed by atoms with Crippen LogP contribution in [0.5, 0.6) is 0 Å². The van der Waals surface area contributed by atoms with Crippen molar-refractivity contribution in [1.29, 1.82) is 0 Å². The molecule has 4 nitrogen and oxygen atoms in total. The van der Waals surface area contributed by atoms with Gasteiger partial charge in [0.05, 0.1) is 5.41 Å². The summed E-state index contributed by atoms with van der Waals surface area (Å²) in [5.74, 6) is -1.70. The van der Waals surface area contributed by atoms with Gasteiger partial charge in [-0.05, 0) is 36.0 Å². The van der Waals surface area contributed by atoms with Gasteiger partial charge in [0.1, 0.15) is 11.9 Å². The number of aliphatic carboxylic acids is 1. The molecule has 1 saturated carbocycles. The van der Waals surface area contributed by atoms with Gasteiger partial charge in [-0.3, -0.25) is 4.79 Å². The maximum absolute atomic E-state index is 13.0. The first-order chi connectivity index (χ1) is 9.67. The summed E-state index contributed by atoms with van der Waals surface area (Å²) in [6, 6.07) is 4.87. The molecule has 114 valence electrons. The smallest absolute Gasteiger partial charge is 0.326 e. The topological polar surface area (TPSA) is 66.4 Å². The highest BCUT2D eigenvalue weighted by Gasteiger charge is 2.52. The predicted octanol–water partition coefficient (Wildman–Crippen LogP) is 2.47. The van der Waals surface area contributed by atoms with Crippen LogP contribution >= 0.6 is 0 Å². The van der Waals surface area contributed by atoms with E-state index in [-0.39, 0.29) is 11.7 Å². The summed E-state index contributed by atoms with van der Waals surface area (Å²) < 4.78 is 13.0. The van der Waals surface area contributed by atoms with E-state index < -0.39 is 22.8 Å². The lowest BCUT2D eigenvalue weighted by atomic mass is 9.85. The van der Waals surface area contributed by atoms with Crippen LogP contribution in [0, 0.1) is 11.2 Å². The van der Waals surface area contributed by atoms with Crippen LogP contribution < -0.4 is 5.32 Å². The standard InChI is InChI=1S/C16H20FNO3/c1-15(2,3)12(13(19)20)18-14(21)16(8-9-16)10-4-6-11(17)7-5-10/h4-7,12H,8-9H2,1-3H3,(H,18,21)(H,19,20). The molecular weight excluding hydrogens is 273 g/mol. The molecular formula is C16H20FNO3. The van der Waals surface area contributed by atoms with Crippen molar-refractivity contribution >= 4 is 11.9 Å². The van der Waals surface area contributed by atoms with Crippen LogP contribution in [0.2, 0.25) is 0 Å². The van der Waals surface area contributed by atoms with Crippen molar-refractivity contribution in [3.05, 3.63) is 35.6 Å². The molecule has 0 aromatic heterocycles. The number of carboxylic acid groups (broad SMARTS) is 1. The minimum absolute atomic E-state index is 0.295. The molecule has 2 rings (SSSR count). The first kappa shape index (κ1) is 15.5. The molecule has 1 aromatic rings. The Hall–Kier alpha value is -1.91. The van der Waals surface area contributed by atoms with Crippen LogP contribution in [0.25, 0.3) is 0 Å². The number of benzene rings is 1. The highest BCUT2D eigenvalue weighted by Crippen LogP contribution is 2.48. The van der Waals surface area contributed by atoms with Gasteiger partial charge in [0, 0.05) is 0 Å². The summed E-state index contributed by atoms with van der Waals surface area (Å²) in [5, 5.41) is 11.9. The molecule has 2 N–H and O–H groups in total. The SMILES string of the molecule is CC(C)(C)C(NC(=O)C1(c2ccc(F)cc2)CC1)C(=O)O. The van der Waals surface area contributed by atoms with Gasteiger partial charge in [0.15, 0.2) is 0 Å². The molecule has 0 heterocycles. The van der Waals surface area contributed by atoms with Gasteiger partial charge in [0.25, 0.3) is 0 Å². The summed E-state index contributed by atoms with van der Waals surface area (Å²) in [7, 11) is 0. The number of rotatable bonds is 4. The quantitative estimate of drug-likeness (QED) is 0.896. The molecule has 5 heteroatoms. The molecule has 0 radical (unpaired) electrons. The van der Waals surface area contributed by atoms with E-state index in [9.17, 15) is 19.1 Å². The number of carbonyl (C=O) groups is 2. The number of carbonyl (C=O) groups excluding carboxylic acids is 1. The summed E-state index contributed by atoms with van der Waals surface area (Å²) in [6.07, 6.45) is 1.31. The Morgan fingerprint density at radius 1 is 1.24 bits per heavy atom. The lowest BCUT2D eigenvalue weighted by Crippen LogP contribution is -2.52. The Kier molecular flexibility index (Phi) is 3.78. The molecule has 1 fully saturated rings. The normalized spacial score (nSPS) is 17.9. The second-order valence-electron chi connectivity index (χ2n) is 6.70. The molecule has 0 spiro atoms. The van der Waals surface area contributed by atoms with Crippen LogP contribution in [0.4, 0.5) is 4.39 Å². The molecule has 21 heavy (non-hydrogen) atoms. The van der Waals surface area contributed by atoms with Crippen molar-refractivity contribution < 1.29 is 19.1 Å². The van der Waals surface area contributed by atoms with Crippen LogP contribution in [-0.2, 0) is 15.0 Å². The van der Waals surface area contributed by atoms with Crippen molar-refractivity contribution in [2.45, 2.75) is 45.1 Å². The van der Waals surface area contributed by atoms with E-state index in [2.05, 4.69) is 5.32 Å². The lowest BCUT2D eigenvalue weighted by molar-refractivity contribution is -0.145. The van der Waals surface area contributed by atoms with Gasteiger partial charge in [-0.1, -0.05) is 32.9 Å². The molecule has 0 bridgehead atoms. The summed E-state index contributed by atoms with van der Waals surface area (Å²) in [4.78, 5) is 23.9. The van der Waals surface area contributed by atoms with Gasteiger partial charge in [-0.2, -0.15) is 0 Å². The molecule has 1 amide bonds. The fourth-order valence-electron chi connectivity index (χ4n) is 2.46. The minimum atomic E-state index is -1.05. The van der Waals surface area contributed by atoms with E-state index in [1.54, 1.807) is 32.9 Å². The summed E-state index contributed by atoms with van der Waals surface area (Å²) in [5.41, 5.74) is -0.549. The Labute approximate surface area is 123 Å². The fourth-order valence-corrected chi connectivity index (χ4v) is 2.46. The first-order valence-electron chi connectivity index (χ1n) is 6.97. The molecule has 1 aliphatic carbocycles. The molecule has 0 aliphatic heterocycles. The minimum Gasteiger partial charge on any atom is -0.480 e. The molecule has 0 saturated heterocycles. The number of nitrogens with one attached hydrogen (secondary N) is 1. The zero-order valence-corrected chi connectivity index (χ0v) is 12.4.